The fourth-order valence-electron chi connectivity index (χ4n) is 4.35. The number of hydrogen-bond donors (Lipinski definition) is 2. The standard InChI is InChI=1S/C25H32ClN3O4/c1-4-33-25(32)23-16(2)20(17(3)28-23)11-12-22(30)29-13-7-9-19(15-29)24(31)27-14-18-8-5-6-10-21(18)26/h5-6,8,10,19,28H,4,7,9,11-15H2,1-3H3,(H,27,31). The van der Waals surface area contributed by atoms with Gasteiger partial charge in [-0.1, -0.05) is 29.8 Å². The Morgan fingerprint density at radius 1 is 1.24 bits per heavy atom. The Balaban J connectivity index is 1.54. The molecule has 178 valence electrons. The molecule has 8 heteroatoms. The third kappa shape index (κ3) is 6.16. The van der Waals surface area contributed by atoms with Crippen LogP contribution in [0.5, 0.6) is 0 Å². The minimum atomic E-state index is -0.377. The molecule has 1 saturated heterocycles. The summed E-state index contributed by atoms with van der Waals surface area (Å²) in [4.78, 5) is 42.6. The minimum absolute atomic E-state index is 0.0243. The lowest BCUT2D eigenvalue weighted by Crippen LogP contribution is -2.45. The van der Waals surface area contributed by atoms with E-state index in [1.807, 2.05) is 32.0 Å². The summed E-state index contributed by atoms with van der Waals surface area (Å²) in [5.41, 5.74) is 3.99. The van der Waals surface area contributed by atoms with E-state index in [9.17, 15) is 14.4 Å². The smallest absolute Gasteiger partial charge is 0.355 e. The third-order valence-electron chi connectivity index (χ3n) is 6.22. The van der Waals surface area contributed by atoms with Crippen LogP contribution >= 0.6 is 11.6 Å². The first-order chi connectivity index (χ1) is 15.8. The molecule has 1 unspecified atom stereocenters. The van der Waals surface area contributed by atoms with Crippen LogP contribution < -0.4 is 5.32 Å². The van der Waals surface area contributed by atoms with Gasteiger partial charge in [-0.05, 0) is 62.8 Å². The van der Waals surface area contributed by atoms with Gasteiger partial charge in [-0.3, -0.25) is 9.59 Å². The summed E-state index contributed by atoms with van der Waals surface area (Å²) in [6.45, 7) is 7.31. The number of benzene rings is 1. The molecular formula is C25H32ClN3O4. The number of amides is 2. The molecule has 1 aliphatic rings. The van der Waals surface area contributed by atoms with Gasteiger partial charge in [-0.2, -0.15) is 0 Å². The van der Waals surface area contributed by atoms with Crippen molar-refractivity contribution in [2.75, 3.05) is 19.7 Å². The summed E-state index contributed by atoms with van der Waals surface area (Å²) in [7, 11) is 0. The van der Waals surface area contributed by atoms with Gasteiger partial charge in [0.1, 0.15) is 5.69 Å². The maximum Gasteiger partial charge on any atom is 0.355 e. The first-order valence-electron chi connectivity index (χ1n) is 11.5. The first-order valence-corrected chi connectivity index (χ1v) is 11.8. The van der Waals surface area contributed by atoms with Crippen molar-refractivity contribution >= 4 is 29.4 Å². The predicted octanol–water partition coefficient (Wildman–Crippen LogP) is 3.95. The summed E-state index contributed by atoms with van der Waals surface area (Å²) < 4.78 is 5.10. The molecule has 0 aliphatic carbocycles. The summed E-state index contributed by atoms with van der Waals surface area (Å²) in [5.74, 6) is -0.631. The number of aryl methyl sites for hydroxylation is 1. The number of aromatic nitrogens is 1. The summed E-state index contributed by atoms with van der Waals surface area (Å²) in [5, 5.41) is 3.58. The average molecular weight is 474 g/mol. The monoisotopic (exact) mass is 473 g/mol. The number of likely N-dealkylation sites (tertiary alicyclic amines) is 1. The molecular weight excluding hydrogens is 442 g/mol. The van der Waals surface area contributed by atoms with Gasteiger partial charge >= 0.3 is 5.97 Å². The van der Waals surface area contributed by atoms with Crippen molar-refractivity contribution in [3.8, 4) is 0 Å². The molecule has 1 atom stereocenters. The van der Waals surface area contributed by atoms with Crippen LogP contribution in [-0.4, -0.2) is 47.4 Å². The second-order valence-electron chi connectivity index (χ2n) is 8.44. The number of nitrogens with one attached hydrogen (secondary N) is 2. The second-order valence-corrected chi connectivity index (χ2v) is 8.84. The Morgan fingerprint density at radius 3 is 2.73 bits per heavy atom. The molecule has 2 heterocycles. The molecule has 2 aromatic rings. The zero-order valence-corrected chi connectivity index (χ0v) is 20.3. The Hall–Kier alpha value is -2.80. The lowest BCUT2D eigenvalue weighted by Gasteiger charge is -2.32. The number of H-pyrrole nitrogens is 1. The molecule has 1 fully saturated rings. The molecule has 3 rings (SSSR count). The van der Waals surface area contributed by atoms with Gasteiger partial charge in [0, 0.05) is 36.8 Å². The molecule has 0 bridgehead atoms. The molecule has 1 aromatic heterocycles. The number of carbonyl (C=O) groups is 3. The lowest BCUT2D eigenvalue weighted by molar-refractivity contribution is -0.135. The SMILES string of the molecule is CCOC(=O)c1[nH]c(C)c(CCC(=O)N2CCCC(C(=O)NCc3ccccc3Cl)C2)c1C. The summed E-state index contributed by atoms with van der Waals surface area (Å²) >= 11 is 6.17. The molecule has 0 radical (unpaired) electrons. The van der Waals surface area contributed by atoms with Gasteiger partial charge in [-0.25, -0.2) is 4.79 Å². The number of piperidine rings is 1. The van der Waals surface area contributed by atoms with E-state index in [1.54, 1.807) is 17.9 Å². The van der Waals surface area contributed by atoms with Crippen LogP contribution in [0.15, 0.2) is 24.3 Å². The third-order valence-corrected chi connectivity index (χ3v) is 6.59. The second kappa shape index (κ2) is 11.4. The van der Waals surface area contributed by atoms with Crippen LogP contribution in [0.2, 0.25) is 5.02 Å². The number of ether oxygens (including phenoxy) is 1. The largest absolute Gasteiger partial charge is 0.461 e. The van der Waals surface area contributed by atoms with Crippen molar-refractivity contribution in [3.05, 3.63) is 57.4 Å². The van der Waals surface area contributed by atoms with Gasteiger partial charge in [0.15, 0.2) is 0 Å². The molecule has 1 aromatic carbocycles. The fourth-order valence-corrected chi connectivity index (χ4v) is 4.55. The van der Waals surface area contributed by atoms with E-state index in [0.717, 1.165) is 35.2 Å². The van der Waals surface area contributed by atoms with E-state index in [0.29, 0.717) is 49.8 Å². The topological polar surface area (TPSA) is 91.5 Å². The summed E-state index contributed by atoms with van der Waals surface area (Å²) in [6.07, 6.45) is 2.42. The zero-order chi connectivity index (χ0) is 24.0. The number of rotatable bonds is 8. The van der Waals surface area contributed by atoms with E-state index >= 15 is 0 Å². The highest BCUT2D eigenvalue weighted by Crippen LogP contribution is 2.23. The van der Waals surface area contributed by atoms with Crippen molar-refractivity contribution in [2.45, 2.75) is 53.0 Å². The molecule has 2 amide bonds. The van der Waals surface area contributed by atoms with Crippen molar-refractivity contribution < 1.29 is 19.1 Å². The van der Waals surface area contributed by atoms with Crippen LogP contribution in [-0.2, 0) is 27.3 Å². The Kier molecular flexibility index (Phi) is 8.55. The number of aromatic amines is 1. The van der Waals surface area contributed by atoms with Crippen LogP contribution in [0.25, 0.3) is 0 Å². The number of halogens is 1. The molecule has 0 saturated carbocycles. The number of carbonyl (C=O) groups excluding carboxylic acids is 3. The quantitative estimate of drug-likeness (QED) is 0.568. The van der Waals surface area contributed by atoms with Gasteiger partial charge in [0.25, 0.3) is 0 Å². The minimum Gasteiger partial charge on any atom is -0.461 e. The maximum absolute atomic E-state index is 12.9. The van der Waals surface area contributed by atoms with Crippen molar-refractivity contribution in [1.29, 1.82) is 0 Å². The fraction of sp³-hybridized carbons (Fsp3) is 0.480. The summed E-state index contributed by atoms with van der Waals surface area (Å²) in [6, 6.07) is 7.43. The van der Waals surface area contributed by atoms with E-state index in [1.165, 1.54) is 0 Å². The van der Waals surface area contributed by atoms with Crippen LogP contribution in [0.3, 0.4) is 0 Å². The van der Waals surface area contributed by atoms with E-state index < -0.39 is 0 Å². The van der Waals surface area contributed by atoms with Crippen molar-refractivity contribution in [2.24, 2.45) is 5.92 Å². The maximum atomic E-state index is 12.9. The van der Waals surface area contributed by atoms with Crippen molar-refractivity contribution in [1.82, 2.24) is 15.2 Å². The first kappa shape index (κ1) is 24.8. The Morgan fingerprint density at radius 2 is 2.00 bits per heavy atom. The predicted molar refractivity (Wildman–Crippen MR) is 127 cm³/mol. The van der Waals surface area contributed by atoms with Gasteiger partial charge in [-0.15, -0.1) is 0 Å². The van der Waals surface area contributed by atoms with Crippen molar-refractivity contribution in [3.63, 3.8) is 0 Å². The Bertz CT molecular complexity index is 1020. The Labute approximate surface area is 199 Å². The van der Waals surface area contributed by atoms with Gasteiger partial charge < -0.3 is 19.9 Å². The average Bonchev–Trinajstić information content (AvgIpc) is 3.10. The highest BCUT2D eigenvalue weighted by molar-refractivity contribution is 6.31. The van der Waals surface area contributed by atoms with Gasteiger partial charge in [0.05, 0.1) is 12.5 Å². The number of esters is 1. The van der Waals surface area contributed by atoms with E-state index in [2.05, 4.69) is 10.3 Å². The molecule has 2 N–H and O–H groups in total. The molecule has 1 aliphatic heterocycles. The zero-order valence-electron chi connectivity index (χ0n) is 19.5. The molecule has 0 spiro atoms. The number of nitrogens with zero attached hydrogens (tertiary/aromatic N) is 1. The van der Waals surface area contributed by atoms with E-state index in [4.69, 9.17) is 16.3 Å². The van der Waals surface area contributed by atoms with Gasteiger partial charge in [0.2, 0.25) is 11.8 Å². The van der Waals surface area contributed by atoms with Crippen LogP contribution in [0.1, 0.15) is 59.1 Å². The molecule has 7 nitrogen and oxygen atoms in total. The molecule has 33 heavy (non-hydrogen) atoms. The number of hydrogen-bond acceptors (Lipinski definition) is 4. The normalized spacial score (nSPS) is 15.9. The highest BCUT2D eigenvalue weighted by atomic mass is 35.5. The highest BCUT2D eigenvalue weighted by Gasteiger charge is 2.28. The lowest BCUT2D eigenvalue weighted by atomic mass is 9.96. The van der Waals surface area contributed by atoms with Crippen LogP contribution in [0.4, 0.5) is 0 Å². The van der Waals surface area contributed by atoms with E-state index in [-0.39, 0.29) is 23.7 Å². The van der Waals surface area contributed by atoms with Crippen LogP contribution in [0, 0.1) is 19.8 Å².